The molecule has 0 bridgehead atoms. The second-order valence-electron chi connectivity index (χ2n) is 5.40. The first-order chi connectivity index (χ1) is 7.93. The van der Waals surface area contributed by atoms with Crippen LogP contribution in [0.25, 0.3) is 5.57 Å². The fraction of sp³-hybridized carbons (Fsp3) is 0.500. The van der Waals surface area contributed by atoms with Crippen LogP contribution in [-0.2, 0) is 16.6 Å². The molecule has 0 spiro atoms. The predicted molar refractivity (Wildman–Crippen MR) is 67.7 cm³/mol. The summed E-state index contributed by atoms with van der Waals surface area (Å²) in [6.07, 6.45) is 5.02. The number of Topliss-reactive ketones (excluding diaryl/α,β-unsaturated/α-hetero) is 1. The maximum atomic E-state index is 11.8. The molecule has 0 radical (unpaired) electrons. The molecule has 1 aromatic heterocycles. The Hall–Kier alpha value is -1.51. The number of carbonyl (C=O) groups is 1. The Morgan fingerprint density at radius 2 is 2.12 bits per heavy atom. The van der Waals surface area contributed by atoms with Crippen molar-refractivity contribution in [2.24, 2.45) is 0 Å². The van der Waals surface area contributed by atoms with Gasteiger partial charge in [-0.2, -0.15) is 0 Å². The van der Waals surface area contributed by atoms with Gasteiger partial charge in [0.15, 0.2) is 5.78 Å². The Bertz CT molecular complexity index is 495. The topological polar surface area (TPSA) is 42.9 Å². The molecule has 3 nitrogen and oxygen atoms in total. The van der Waals surface area contributed by atoms with E-state index < -0.39 is 0 Å². The predicted octanol–water partition coefficient (Wildman–Crippen LogP) is 2.69. The van der Waals surface area contributed by atoms with Gasteiger partial charge in [0.2, 0.25) is 0 Å². The van der Waals surface area contributed by atoms with Gasteiger partial charge in [-0.25, -0.2) is 4.98 Å². The van der Waals surface area contributed by atoms with Crippen LogP contribution in [0.5, 0.6) is 0 Å². The molecule has 1 aromatic rings. The average molecular weight is 230 g/mol. The molecule has 0 N–H and O–H groups in total. The van der Waals surface area contributed by atoms with Gasteiger partial charge in [0.25, 0.3) is 0 Å². The Morgan fingerprint density at radius 3 is 2.71 bits per heavy atom. The first-order valence-corrected chi connectivity index (χ1v) is 6.03. The molecule has 17 heavy (non-hydrogen) atoms. The highest BCUT2D eigenvalue weighted by molar-refractivity contribution is 6.21. The van der Waals surface area contributed by atoms with Crippen LogP contribution in [0.3, 0.4) is 0 Å². The highest BCUT2D eigenvalue weighted by Gasteiger charge is 2.25. The van der Waals surface area contributed by atoms with Gasteiger partial charge in [-0.15, -0.1) is 0 Å². The number of rotatable bonds is 2. The molecule has 1 aliphatic rings. The largest absolute Gasteiger partial charge is 0.294 e. The minimum absolute atomic E-state index is 0.0367. The summed E-state index contributed by atoms with van der Waals surface area (Å²) in [6.45, 7) is 8.18. The fourth-order valence-electron chi connectivity index (χ4n) is 1.87. The second kappa shape index (κ2) is 4.06. The molecule has 0 atom stereocenters. The summed E-state index contributed by atoms with van der Waals surface area (Å²) in [7, 11) is 0. The highest BCUT2D eigenvalue weighted by atomic mass is 16.1. The molecule has 0 aliphatic heterocycles. The summed E-state index contributed by atoms with van der Waals surface area (Å²) >= 11 is 0. The third-order valence-corrected chi connectivity index (χ3v) is 2.99. The van der Waals surface area contributed by atoms with E-state index in [-0.39, 0.29) is 11.2 Å². The number of aromatic nitrogens is 2. The number of hydrogen-bond donors (Lipinski definition) is 0. The van der Waals surface area contributed by atoms with Gasteiger partial charge in [-0.1, -0.05) is 33.8 Å². The van der Waals surface area contributed by atoms with Crippen molar-refractivity contribution in [3.8, 4) is 0 Å². The summed E-state index contributed by atoms with van der Waals surface area (Å²) in [6, 6.07) is 0. The fourth-order valence-corrected chi connectivity index (χ4v) is 1.87. The van der Waals surface area contributed by atoms with Crippen molar-refractivity contribution in [1.82, 2.24) is 9.97 Å². The van der Waals surface area contributed by atoms with E-state index >= 15 is 0 Å². The van der Waals surface area contributed by atoms with Gasteiger partial charge in [0, 0.05) is 30.0 Å². The number of allylic oxidation sites excluding steroid dienone is 2. The van der Waals surface area contributed by atoms with Crippen LogP contribution in [0.2, 0.25) is 0 Å². The summed E-state index contributed by atoms with van der Waals surface area (Å²) < 4.78 is 0. The first kappa shape index (κ1) is 12.0. The van der Waals surface area contributed by atoms with Gasteiger partial charge >= 0.3 is 0 Å². The van der Waals surface area contributed by atoms with Gasteiger partial charge in [-0.3, -0.25) is 9.78 Å². The zero-order valence-corrected chi connectivity index (χ0v) is 10.9. The molecule has 90 valence electrons. The van der Waals surface area contributed by atoms with Crippen molar-refractivity contribution in [3.05, 3.63) is 29.4 Å². The molecule has 1 heterocycles. The molecular formula is C14H18N2O. The van der Waals surface area contributed by atoms with Crippen molar-refractivity contribution in [2.75, 3.05) is 0 Å². The number of ketones is 1. The maximum Gasteiger partial charge on any atom is 0.164 e. The van der Waals surface area contributed by atoms with E-state index in [9.17, 15) is 4.79 Å². The Kier molecular flexibility index (Phi) is 2.86. The van der Waals surface area contributed by atoms with Gasteiger partial charge < -0.3 is 0 Å². The van der Waals surface area contributed by atoms with E-state index in [1.165, 1.54) is 0 Å². The van der Waals surface area contributed by atoms with Crippen molar-refractivity contribution in [2.45, 2.75) is 46.0 Å². The van der Waals surface area contributed by atoms with E-state index in [1.807, 2.05) is 19.2 Å². The van der Waals surface area contributed by atoms with Crippen LogP contribution < -0.4 is 0 Å². The van der Waals surface area contributed by atoms with Crippen LogP contribution in [0, 0.1) is 0 Å². The molecule has 0 saturated heterocycles. The first-order valence-electron chi connectivity index (χ1n) is 6.03. The lowest BCUT2D eigenvalue weighted by Gasteiger charge is -2.18. The zero-order chi connectivity index (χ0) is 12.6. The molecule has 0 fully saturated rings. The Morgan fingerprint density at radius 1 is 1.41 bits per heavy atom. The van der Waals surface area contributed by atoms with Crippen LogP contribution in [0.1, 0.15) is 51.2 Å². The molecule has 0 amide bonds. The van der Waals surface area contributed by atoms with E-state index in [0.29, 0.717) is 6.42 Å². The van der Waals surface area contributed by atoms with E-state index in [1.54, 1.807) is 0 Å². The summed E-state index contributed by atoms with van der Waals surface area (Å²) in [5.41, 5.74) is 3.37. The molecular weight excluding hydrogens is 212 g/mol. The minimum atomic E-state index is -0.0367. The van der Waals surface area contributed by atoms with Crippen LogP contribution in [0.15, 0.2) is 12.3 Å². The van der Waals surface area contributed by atoms with Crippen LogP contribution in [-0.4, -0.2) is 15.8 Å². The smallest absolute Gasteiger partial charge is 0.164 e. The third-order valence-electron chi connectivity index (χ3n) is 2.99. The van der Waals surface area contributed by atoms with E-state index in [2.05, 4.69) is 30.7 Å². The quantitative estimate of drug-likeness (QED) is 0.784. The lowest BCUT2D eigenvalue weighted by Crippen LogP contribution is -2.16. The van der Waals surface area contributed by atoms with Crippen molar-refractivity contribution < 1.29 is 4.79 Å². The standard InChI is InChI=1S/C14H18N2O/c1-5-11(17)9-6-7-10-13(9)16-12(8-15-10)14(2,3)4/h6,8H,5,7H2,1-4H3. The second-order valence-corrected chi connectivity index (χ2v) is 5.40. The molecule has 1 aliphatic carbocycles. The summed E-state index contributed by atoms with van der Waals surface area (Å²) in [5.74, 6) is 0.157. The molecule has 2 rings (SSSR count). The number of carbonyl (C=O) groups excluding carboxylic acids is 1. The maximum absolute atomic E-state index is 11.8. The van der Waals surface area contributed by atoms with Crippen molar-refractivity contribution >= 4 is 11.4 Å². The highest BCUT2D eigenvalue weighted by Crippen LogP contribution is 2.28. The SMILES string of the molecule is CCC(=O)C1=CCc2ncc(C(C)(C)C)nc21. The van der Waals surface area contributed by atoms with Gasteiger partial charge in [0.1, 0.15) is 0 Å². The molecule has 0 unspecified atom stereocenters. The zero-order valence-electron chi connectivity index (χ0n) is 10.9. The summed E-state index contributed by atoms with van der Waals surface area (Å²) in [4.78, 5) is 20.9. The monoisotopic (exact) mass is 230 g/mol. The normalized spacial score (nSPS) is 14.5. The van der Waals surface area contributed by atoms with Crippen LogP contribution >= 0.6 is 0 Å². The number of fused-ring (bicyclic) bond motifs is 1. The minimum Gasteiger partial charge on any atom is -0.294 e. The number of hydrogen-bond acceptors (Lipinski definition) is 3. The summed E-state index contributed by atoms with van der Waals surface area (Å²) in [5, 5.41) is 0. The number of nitrogens with zero attached hydrogens (tertiary/aromatic N) is 2. The average Bonchev–Trinajstić information content (AvgIpc) is 2.69. The lowest BCUT2D eigenvalue weighted by atomic mass is 9.92. The molecule has 0 saturated carbocycles. The van der Waals surface area contributed by atoms with Gasteiger partial charge in [-0.05, 0) is 0 Å². The van der Waals surface area contributed by atoms with Crippen molar-refractivity contribution in [1.29, 1.82) is 0 Å². The van der Waals surface area contributed by atoms with Crippen molar-refractivity contribution in [3.63, 3.8) is 0 Å². The van der Waals surface area contributed by atoms with Gasteiger partial charge in [0.05, 0.1) is 17.1 Å². The van der Waals surface area contributed by atoms with E-state index in [0.717, 1.165) is 29.1 Å². The molecule has 0 aromatic carbocycles. The Labute approximate surface area is 102 Å². The van der Waals surface area contributed by atoms with Crippen LogP contribution in [0.4, 0.5) is 0 Å². The molecule has 3 heteroatoms. The lowest BCUT2D eigenvalue weighted by molar-refractivity contribution is -0.113. The third kappa shape index (κ3) is 2.14. The van der Waals surface area contributed by atoms with E-state index in [4.69, 9.17) is 0 Å². The Balaban J connectivity index is 2.46.